The second kappa shape index (κ2) is 7.70. The first-order chi connectivity index (χ1) is 13.2. The molecule has 0 atom stereocenters. The highest BCUT2D eigenvalue weighted by Gasteiger charge is 2.23. The summed E-state index contributed by atoms with van der Waals surface area (Å²) in [7, 11) is 0. The van der Waals surface area contributed by atoms with Crippen LogP contribution in [0.1, 0.15) is 28.8 Å². The fraction of sp³-hybridized carbons (Fsp3) is 0.286. The van der Waals surface area contributed by atoms with E-state index in [1.165, 1.54) is 18.5 Å². The minimum Gasteiger partial charge on any atom is -0.339 e. The molecule has 0 unspecified atom stereocenters. The van der Waals surface area contributed by atoms with Crippen LogP contribution >= 0.6 is 0 Å². The maximum absolute atomic E-state index is 13.0. The number of nitrogens with zero attached hydrogens (tertiary/aromatic N) is 3. The molecule has 6 heteroatoms. The minimum absolute atomic E-state index is 0.0688. The predicted molar refractivity (Wildman–Crippen MR) is 101 cm³/mol. The number of benzene rings is 2. The average Bonchev–Trinajstić information content (AvgIpc) is 3.25. The second-order valence-corrected chi connectivity index (χ2v) is 6.98. The van der Waals surface area contributed by atoms with Gasteiger partial charge in [0.2, 0.25) is 0 Å². The third kappa shape index (κ3) is 4.05. The Bertz CT molecular complexity index is 883. The number of amides is 1. The molecule has 1 saturated heterocycles. The number of hydrogen-bond acceptors (Lipinski definition) is 3. The van der Waals surface area contributed by atoms with E-state index < -0.39 is 0 Å². The van der Waals surface area contributed by atoms with Gasteiger partial charge in [-0.3, -0.25) is 9.89 Å². The zero-order valence-corrected chi connectivity index (χ0v) is 14.9. The molecule has 27 heavy (non-hydrogen) atoms. The van der Waals surface area contributed by atoms with Crippen LogP contribution in [0.3, 0.4) is 0 Å². The molecule has 1 aliphatic rings. The van der Waals surface area contributed by atoms with Gasteiger partial charge in [0, 0.05) is 24.2 Å². The molecule has 1 aliphatic heterocycles. The molecule has 5 nitrogen and oxygen atoms in total. The van der Waals surface area contributed by atoms with E-state index in [1.54, 1.807) is 0 Å². The molecule has 1 fully saturated rings. The van der Waals surface area contributed by atoms with E-state index >= 15 is 0 Å². The normalized spacial score (nSPS) is 15.1. The summed E-state index contributed by atoms with van der Waals surface area (Å²) < 4.78 is 13.0. The summed E-state index contributed by atoms with van der Waals surface area (Å²) in [5, 5.41) is 6.66. The van der Waals surface area contributed by atoms with Crippen molar-refractivity contribution in [1.82, 2.24) is 20.1 Å². The number of halogens is 1. The van der Waals surface area contributed by atoms with Crippen molar-refractivity contribution >= 4 is 5.91 Å². The quantitative estimate of drug-likeness (QED) is 0.768. The van der Waals surface area contributed by atoms with E-state index in [9.17, 15) is 9.18 Å². The van der Waals surface area contributed by atoms with Crippen molar-refractivity contribution in [3.8, 4) is 11.4 Å². The molecule has 4 rings (SSSR count). The molecular weight excluding hydrogens is 343 g/mol. The summed E-state index contributed by atoms with van der Waals surface area (Å²) in [6.07, 6.45) is 4.34. The van der Waals surface area contributed by atoms with Crippen LogP contribution in [0.25, 0.3) is 11.4 Å². The monoisotopic (exact) mass is 364 g/mol. The number of piperidine rings is 1. The van der Waals surface area contributed by atoms with Gasteiger partial charge in [0.15, 0.2) is 5.82 Å². The highest BCUT2D eigenvalue weighted by molar-refractivity contribution is 5.94. The van der Waals surface area contributed by atoms with E-state index in [1.807, 2.05) is 41.3 Å². The van der Waals surface area contributed by atoms with Crippen LogP contribution in [0.15, 0.2) is 54.9 Å². The fourth-order valence-electron chi connectivity index (χ4n) is 3.59. The third-order valence-corrected chi connectivity index (χ3v) is 5.16. The lowest BCUT2D eigenvalue weighted by Gasteiger charge is -2.32. The third-order valence-electron chi connectivity index (χ3n) is 5.16. The molecule has 3 aromatic rings. The van der Waals surface area contributed by atoms with Gasteiger partial charge in [-0.25, -0.2) is 9.37 Å². The highest BCUT2D eigenvalue weighted by Crippen LogP contribution is 2.23. The molecule has 1 amide bonds. The van der Waals surface area contributed by atoms with Crippen LogP contribution in [0.5, 0.6) is 0 Å². The number of rotatable bonds is 4. The van der Waals surface area contributed by atoms with E-state index in [4.69, 9.17) is 0 Å². The van der Waals surface area contributed by atoms with Crippen molar-refractivity contribution in [3.63, 3.8) is 0 Å². The standard InChI is InChI=1S/C21H21FN4O/c22-19-7-1-15(2-8-19)13-16-9-11-26(12-10-16)21(27)18-5-3-17(4-6-18)20-23-14-24-25-20/h1-8,14,16H,9-13H2,(H,23,24,25). The van der Waals surface area contributed by atoms with Crippen molar-refractivity contribution in [2.45, 2.75) is 19.3 Å². The fourth-order valence-corrected chi connectivity index (χ4v) is 3.59. The van der Waals surface area contributed by atoms with Gasteiger partial charge in [0.1, 0.15) is 12.1 Å². The van der Waals surface area contributed by atoms with E-state index in [0.717, 1.165) is 43.5 Å². The smallest absolute Gasteiger partial charge is 0.253 e. The maximum atomic E-state index is 13.0. The molecule has 0 bridgehead atoms. The Kier molecular flexibility index (Phi) is 4.96. The van der Waals surface area contributed by atoms with Gasteiger partial charge in [-0.05, 0) is 55.0 Å². The maximum Gasteiger partial charge on any atom is 0.253 e. The summed E-state index contributed by atoms with van der Waals surface area (Å²) in [6.45, 7) is 1.52. The summed E-state index contributed by atoms with van der Waals surface area (Å²) in [5.41, 5.74) is 2.75. The first-order valence-corrected chi connectivity index (χ1v) is 9.18. The zero-order valence-electron chi connectivity index (χ0n) is 14.9. The molecule has 138 valence electrons. The lowest BCUT2D eigenvalue weighted by molar-refractivity contribution is 0.0690. The van der Waals surface area contributed by atoms with Crippen LogP contribution in [0.4, 0.5) is 4.39 Å². The molecule has 0 aliphatic carbocycles. The first kappa shape index (κ1) is 17.4. The Morgan fingerprint density at radius 3 is 2.41 bits per heavy atom. The largest absolute Gasteiger partial charge is 0.339 e. The molecule has 0 spiro atoms. The summed E-state index contributed by atoms with van der Waals surface area (Å²) in [5.74, 6) is 1.09. The minimum atomic E-state index is -0.200. The number of aromatic amines is 1. The summed E-state index contributed by atoms with van der Waals surface area (Å²) >= 11 is 0. The molecule has 2 heterocycles. The van der Waals surface area contributed by atoms with Crippen molar-refractivity contribution in [2.24, 2.45) is 5.92 Å². The van der Waals surface area contributed by atoms with Gasteiger partial charge < -0.3 is 4.90 Å². The topological polar surface area (TPSA) is 61.9 Å². The number of carbonyl (C=O) groups is 1. The Hall–Kier alpha value is -3.02. The van der Waals surface area contributed by atoms with Gasteiger partial charge in [-0.15, -0.1) is 0 Å². The van der Waals surface area contributed by atoms with Gasteiger partial charge in [-0.2, -0.15) is 5.10 Å². The average molecular weight is 364 g/mol. The number of likely N-dealkylation sites (tertiary alicyclic amines) is 1. The predicted octanol–water partition coefficient (Wildman–Crippen LogP) is 3.71. The van der Waals surface area contributed by atoms with Crippen molar-refractivity contribution in [3.05, 3.63) is 71.8 Å². The summed E-state index contributed by atoms with van der Waals surface area (Å²) in [6, 6.07) is 14.2. The number of aromatic nitrogens is 3. The lowest BCUT2D eigenvalue weighted by Crippen LogP contribution is -2.38. The van der Waals surface area contributed by atoms with Gasteiger partial charge in [-0.1, -0.05) is 24.3 Å². The molecule has 1 N–H and O–H groups in total. The number of carbonyl (C=O) groups excluding carboxylic acids is 1. The molecule has 2 aromatic carbocycles. The van der Waals surface area contributed by atoms with Crippen LogP contribution < -0.4 is 0 Å². The first-order valence-electron chi connectivity index (χ1n) is 9.18. The number of hydrogen-bond donors (Lipinski definition) is 1. The summed E-state index contributed by atoms with van der Waals surface area (Å²) in [4.78, 5) is 18.8. The molecule has 0 radical (unpaired) electrons. The van der Waals surface area contributed by atoms with Crippen molar-refractivity contribution < 1.29 is 9.18 Å². The van der Waals surface area contributed by atoms with E-state index in [0.29, 0.717) is 17.3 Å². The van der Waals surface area contributed by atoms with Gasteiger partial charge in [0.25, 0.3) is 5.91 Å². The number of nitrogens with one attached hydrogen (secondary N) is 1. The van der Waals surface area contributed by atoms with Crippen molar-refractivity contribution in [1.29, 1.82) is 0 Å². The number of H-pyrrole nitrogens is 1. The van der Waals surface area contributed by atoms with Crippen LogP contribution in [0.2, 0.25) is 0 Å². The Morgan fingerprint density at radius 2 is 1.78 bits per heavy atom. The molecule has 0 saturated carbocycles. The lowest BCUT2D eigenvalue weighted by atomic mass is 9.90. The zero-order chi connectivity index (χ0) is 18.6. The highest BCUT2D eigenvalue weighted by atomic mass is 19.1. The molecular formula is C21H21FN4O. The van der Waals surface area contributed by atoms with Crippen LogP contribution in [-0.2, 0) is 6.42 Å². The second-order valence-electron chi connectivity index (χ2n) is 6.98. The van der Waals surface area contributed by atoms with E-state index in [-0.39, 0.29) is 11.7 Å². The molecule has 1 aromatic heterocycles. The Labute approximate surface area is 157 Å². The van der Waals surface area contributed by atoms with Crippen LogP contribution in [-0.4, -0.2) is 39.1 Å². The SMILES string of the molecule is O=C(c1ccc(-c2ncn[nH]2)cc1)N1CCC(Cc2ccc(F)cc2)CC1. The Balaban J connectivity index is 1.33. The van der Waals surface area contributed by atoms with Crippen molar-refractivity contribution in [2.75, 3.05) is 13.1 Å². The Morgan fingerprint density at radius 1 is 1.07 bits per heavy atom. The van der Waals surface area contributed by atoms with Crippen LogP contribution in [0, 0.1) is 11.7 Å². The van der Waals surface area contributed by atoms with E-state index in [2.05, 4.69) is 15.2 Å². The van der Waals surface area contributed by atoms with Gasteiger partial charge in [0.05, 0.1) is 0 Å². The van der Waals surface area contributed by atoms with Gasteiger partial charge >= 0.3 is 0 Å².